The third-order valence-electron chi connectivity index (χ3n) is 4.68. The highest BCUT2D eigenvalue weighted by atomic mass is 35.5. The van der Waals surface area contributed by atoms with Gasteiger partial charge in [0.15, 0.2) is 5.96 Å². The Kier molecular flexibility index (Phi) is 4.95. The maximum absolute atomic E-state index is 6.39. The van der Waals surface area contributed by atoms with Gasteiger partial charge in [-0.05, 0) is 36.6 Å². The van der Waals surface area contributed by atoms with Gasteiger partial charge in [0.05, 0.1) is 19.3 Å². The van der Waals surface area contributed by atoms with E-state index in [1.807, 2.05) is 42.5 Å². The molecule has 3 N–H and O–H groups in total. The number of para-hydroxylation sites is 2. The van der Waals surface area contributed by atoms with Crippen molar-refractivity contribution < 1.29 is 4.74 Å². The summed E-state index contributed by atoms with van der Waals surface area (Å²) in [6.07, 6.45) is 3.37. The van der Waals surface area contributed by atoms with Gasteiger partial charge in [-0.3, -0.25) is 4.99 Å². The lowest BCUT2D eigenvalue weighted by atomic mass is 9.64. The van der Waals surface area contributed by atoms with E-state index in [-0.39, 0.29) is 5.41 Å². The highest BCUT2D eigenvalue weighted by Crippen LogP contribution is 2.46. The number of ether oxygens (including phenoxy) is 1. The monoisotopic (exact) mass is 343 g/mol. The number of benzene rings is 2. The summed E-state index contributed by atoms with van der Waals surface area (Å²) in [6.45, 7) is 0.630. The molecular weight excluding hydrogens is 322 g/mol. The Morgan fingerprint density at radius 2 is 1.92 bits per heavy atom. The molecule has 0 atom stereocenters. The Morgan fingerprint density at radius 3 is 2.58 bits per heavy atom. The van der Waals surface area contributed by atoms with Crippen molar-refractivity contribution in [3.63, 3.8) is 0 Å². The number of nitrogens with one attached hydrogen (secondary N) is 1. The van der Waals surface area contributed by atoms with E-state index in [0.717, 1.165) is 29.3 Å². The molecule has 1 saturated carbocycles. The molecular formula is C19H22ClN3O. The normalized spacial score (nSPS) is 16.3. The maximum atomic E-state index is 6.39. The summed E-state index contributed by atoms with van der Waals surface area (Å²) < 4.78 is 5.32. The number of nitrogens with two attached hydrogens (primary N) is 1. The third-order valence-corrected chi connectivity index (χ3v) is 5.01. The Bertz CT molecular complexity index is 741. The lowest BCUT2D eigenvalue weighted by molar-refractivity contribution is 0.254. The van der Waals surface area contributed by atoms with Gasteiger partial charge in [-0.15, -0.1) is 0 Å². The van der Waals surface area contributed by atoms with Crippen molar-refractivity contribution in [2.45, 2.75) is 24.7 Å². The number of rotatable bonds is 5. The van der Waals surface area contributed by atoms with Crippen LogP contribution in [0.15, 0.2) is 53.5 Å². The van der Waals surface area contributed by atoms with Crippen LogP contribution in [0.1, 0.15) is 24.8 Å². The number of guanidine groups is 1. The Balaban J connectivity index is 1.75. The van der Waals surface area contributed by atoms with Crippen molar-refractivity contribution in [3.8, 4) is 5.75 Å². The predicted octanol–water partition coefficient (Wildman–Crippen LogP) is 4.20. The van der Waals surface area contributed by atoms with E-state index in [2.05, 4.69) is 16.4 Å². The number of halogens is 1. The molecule has 3 rings (SSSR count). The Morgan fingerprint density at radius 1 is 1.21 bits per heavy atom. The SMILES string of the molecule is COc1ccccc1NC(N)=NCC1(c2ccccc2Cl)CCC1. The molecule has 126 valence electrons. The highest BCUT2D eigenvalue weighted by Gasteiger charge is 2.39. The molecule has 0 heterocycles. The molecule has 0 amide bonds. The summed E-state index contributed by atoms with van der Waals surface area (Å²) in [5.74, 6) is 1.12. The van der Waals surface area contributed by atoms with Gasteiger partial charge in [0, 0.05) is 10.4 Å². The first-order chi connectivity index (χ1) is 11.6. The van der Waals surface area contributed by atoms with Crippen LogP contribution in [-0.4, -0.2) is 19.6 Å². The zero-order valence-electron chi connectivity index (χ0n) is 13.8. The number of hydrogen-bond acceptors (Lipinski definition) is 2. The average Bonchev–Trinajstić information content (AvgIpc) is 2.56. The van der Waals surface area contributed by atoms with Crippen LogP contribution in [0.5, 0.6) is 5.75 Å². The molecule has 1 fully saturated rings. The predicted molar refractivity (Wildman–Crippen MR) is 100 cm³/mol. The van der Waals surface area contributed by atoms with Crippen LogP contribution < -0.4 is 15.8 Å². The lowest BCUT2D eigenvalue weighted by Gasteiger charge is -2.41. The van der Waals surface area contributed by atoms with Crippen molar-refractivity contribution in [1.82, 2.24) is 0 Å². The van der Waals surface area contributed by atoms with Crippen molar-refractivity contribution in [2.24, 2.45) is 10.7 Å². The third kappa shape index (κ3) is 3.34. The molecule has 5 heteroatoms. The van der Waals surface area contributed by atoms with E-state index in [0.29, 0.717) is 12.5 Å². The zero-order valence-corrected chi connectivity index (χ0v) is 14.5. The number of hydrogen-bond donors (Lipinski definition) is 2. The molecule has 0 aromatic heterocycles. The lowest BCUT2D eigenvalue weighted by Crippen LogP contribution is -2.39. The van der Waals surface area contributed by atoms with Gasteiger partial charge in [0.25, 0.3) is 0 Å². The minimum Gasteiger partial charge on any atom is -0.495 e. The summed E-state index contributed by atoms with van der Waals surface area (Å²) in [5.41, 5.74) is 8.07. The minimum absolute atomic E-state index is 0.00537. The van der Waals surface area contributed by atoms with Crippen LogP contribution in [-0.2, 0) is 5.41 Å². The smallest absolute Gasteiger partial charge is 0.193 e. The van der Waals surface area contributed by atoms with E-state index >= 15 is 0 Å². The molecule has 0 aliphatic heterocycles. The van der Waals surface area contributed by atoms with Crippen molar-refractivity contribution in [2.75, 3.05) is 19.0 Å². The van der Waals surface area contributed by atoms with Gasteiger partial charge in [-0.25, -0.2) is 0 Å². The molecule has 0 spiro atoms. The fourth-order valence-corrected chi connectivity index (χ4v) is 3.51. The first-order valence-electron chi connectivity index (χ1n) is 8.10. The van der Waals surface area contributed by atoms with Gasteiger partial charge in [-0.1, -0.05) is 48.4 Å². The van der Waals surface area contributed by atoms with Gasteiger partial charge >= 0.3 is 0 Å². The second-order valence-electron chi connectivity index (χ2n) is 6.14. The van der Waals surface area contributed by atoms with E-state index in [1.54, 1.807) is 7.11 Å². The molecule has 0 unspecified atom stereocenters. The molecule has 2 aromatic carbocycles. The van der Waals surface area contributed by atoms with Gasteiger partial charge in [0.2, 0.25) is 0 Å². The topological polar surface area (TPSA) is 59.6 Å². The van der Waals surface area contributed by atoms with Crippen LogP contribution >= 0.6 is 11.6 Å². The van der Waals surface area contributed by atoms with Gasteiger partial charge < -0.3 is 15.8 Å². The van der Waals surface area contributed by atoms with Crippen LogP contribution in [0.2, 0.25) is 5.02 Å². The van der Waals surface area contributed by atoms with Crippen LogP contribution in [0, 0.1) is 0 Å². The number of aliphatic imine (C=N–C) groups is 1. The average molecular weight is 344 g/mol. The fraction of sp³-hybridized carbons (Fsp3) is 0.316. The Hall–Kier alpha value is -2.20. The van der Waals surface area contributed by atoms with E-state index in [9.17, 15) is 0 Å². The van der Waals surface area contributed by atoms with Crippen LogP contribution in [0.3, 0.4) is 0 Å². The summed E-state index contributed by atoms with van der Waals surface area (Å²) in [4.78, 5) is 4.58. The van der Waals surface area contributed by atoms with Crippen LogP contribution in [0.25, 0.3) is 0 Å². The molecule has 1 aliphatic carbocycles. The second-order valence-corrected chi connectivity index (χ2v) is 6.55. The van der Waals surface area contributed by atoms with E-state index < -0.39 is 0 Å². The van der Waals surface area contributed by atoms with Crippen molar-refractivity contribution in [3.05, 3.63) is 59.1 Å². The van der Waals surface area contributed by atoms with Crippen molar-refractivity contribution in [1.29, 1.82) is 0 Å². The largest absolute Gasteiger partial charge is 0.495 e. The minimum atomic E-state index is 0.00537. The standard InChI is InChI=1S/C19H22ClN3O/c1-24-17-10-5-4-9-16(17)23-18(21)22-13-19(11-6-12-19)14-7-2-3-8-15(14)20/h2-5,7-10H,6,11-13H2,1H3,(H3,21,22,23). The van der Waals surface area contributed by atoms with Crippen molar-refractivity contribution >= 4 is 23.2 Å². The quantitative estimate of drug-likeness (QED) is 0.632. The molecule has 0 saturated heterocycles. The number of anilines is 1. The van der Waals surface area contributed by atoms with Crippen LogP contribution in [0.4, 0.5) is 5.69 Å². The summed E-state index contributed by atoms with van der Waals surface area (Å²) in [6, 6.07) is 15.7. The molecule has 2 aromatic rings. The number of nitrogens with zero attached hydrogens (tertiary/aromatic N) is 1. The van der Waals surface area contributed by atoms with Gasteiger partial charge in [0.1, 0.15) is 5.75 Å². The summed E-state index contributed by atoms with van der Waals surface area (Å²) in [5, 5.41) is 3.93. The highest BCUT2D eigenvalue weighted by molar-refractivity contribution is 6.31. The van der Waals surface area contributed by atoms with E-state index in [1.165, 1.54) is 12.0 Å². The molecule has 0 radical (unpaired) electrons. The van der Waals surface area contributed by atoms with Gasteiger partial charge in [-0.2, -0.15) is 0 Å². The molecule has 24 heavy (non-hydrogen) atoms. The summed E-state index contributed by atoms with van der Waals surface area (Å²) in [7, 11) is 1.63. The first-order valence-corrected chi connectivity index (χ1v) is 8.47. The summed E-state index contributed by atoms with van der Waals surface area (Å²) >= 11 is 6.39. The first kappa shape index (κ1) is 16.7. The zero-order chi connectivity index (χ0) is 17.0. The van der Waals surface area contributed by atoms with E-state index in [4.69, 9.17) is 22.1 Å². The Labute approximate surface area is 147 Å². The second kappa shape index (κ2) is 7.14. The maximum Gasteiger partial charge on any atom is 0.193 e. The molecule has 0 bridgehead atoms. The fourth-order valence-electron chi connectivity index (χ4n) is 3.17. The number of methoxy groups -OCH3 is 1. The molecule has 4 nitrogen and oxygen atoms in total. The molecule has 1 aliphatic rings.